The number of nitrogens with zero attached hydrogens (tertiary/aromatic N) is 1. The van der Waals surface area contributed by atoms with Gasteiger partial charge in [-0.05, 0) is 30.5 Å². The van der Waals surface area contributed by atoms with Crippen LogP contribution in [0.5, 0.6) is 0 Å². The Hall–Kier alpha value is -0.610. The third-order valence-corrected chi connectivity index (χ3v) is 4.14. The number of thiocarbonyl (C=S) groups is 1. The fraction of sp³-hybridized carbons (Fsp3) is 0.462. The lowest BCUT2D eigenvalue weighted by Gasteiger charge is -2.22. The SMILES string of the molecule is CCC1CCN(c2cc(Br)ccc2C(N)=S)C1. The molecule has 0 radical (unpaired) electrons. The van der Waals surface area contributed by atoms with Crippen molar-refractivity contribution >= 4 is 38.8 Å². The number of rotatable bonds is 3. The number of nitrogens with two attached hydrogens (primary N) is 1. The van der Waals surface area contributed by atoms with Gasteiger partial charge in [-0.3, -0.25) is 0 Å². The van der Waals surface area contributed by atoms with E-state index < -0.39 is 0 Å². The highest BCUT2D eigenvalue weighted by Crippen LogP contribution is 2.30. The van der Waals surface area contributed by atoms with Gasteiger partial charge in [0.05, 0.1) is 0 Å². The first-order valence-corrected chi connectivity index (χ1v) is 7.16. The van der Waals surface area contributed by atoms with Crippen molar-refractivity contribution in [1.82, 2.24) is 0 Å². The summed E-state index contributed by atoms with van der Waals surface area (Å²) in [6.07, 6.45) is 2.51. The molecule has 1 heterocycles. The molecule has 1 aliphatic heterocycles. The van der Waals surface area contributed by atoms with Crippen molar-refractivity contribution in [1.29, 1.82) is 0 Å². The van der Waals surface area contributed by atoms with Gasteiger partial charge in [-0.1, -0.05) is 41.5 Å². The number of hydrogen-bond donors (Lipinski definition) is 1. The van der Waals surface area contributed by atoms with Gasteiger partial charge < -0.3 is 10.6 Å². The van der Waals surface area contributed by atoms with Gasteiger partial charge in [0.1, 0.15) is 4.99 Å². The Morgan fingerprint density at radius 2 is 2.35 bits per heavy atom. The molecular formula is C13H17BrN2S. The topological polar surface area (TPSA) is 29.3 Å². The predicted molar refractivity (Wildman–Crippen MR) is 80.6 cm³/mol. The molecule has 1 aromatic rings. The highest BCUT2D eigenvalue weighted by Gasteiger charge is 2.23. The van der Waals surface area contributed by atoms with E-state index in [4.69, 9.17) is 18.0 Å². The van der Waals surface area contributed by atoms with Crippen LogP contribution < -0.4 is 10.6 Å². The van der Waals surface area contributed by atoms with Gasteiger partial charge in [0.15, 0.2) is 0 Å². The molecule has 2 rings (SSSR count). The highest BCUT2D eigenvalue weighted by atomic mass is 79.9. The van der Waals surface area contributed by atoms with Crippen LogP contribution in [0.4, 0.5) is 5.69 Å². The van der Waals surface area contributed by atoms with Crippen molar-refractivity contribution < 1.29 is 0 Å². The Labute approximate surface area is 116 Å². The zero-order chi connectivity index (χ0) is 12.4. The monoisotopic (exact) mass is 312 g/mol. The second-order valence-corrected chi connectivity index (χ2v) is 5.89. The maximum atomic E-state index is 5.79. The molecule has 17 heavy (non-hydrogen) atoms. The molecule has 1 saturated heterocycles. The van der Waals surface area contributed by atoms with Crippen LogP contribution in [0.3, 0.4) is 0 Å². The Kier molecular flexibility index (Phi) is 4.05. The van der Waals surface area contributed by atoms with Gasteiger partial charge in [0.2, 0.25) is 0 Å². The minimum absolute atomic E-state index is 0.479. The van der Waals surface area contributed by atoms with Gasteiger partial charge in [0.25, 0.3) is 0 Å². The van der Waals surface area contributed by atoms with Gasteiger partial charge in [-0.25, -0.2) is 0 Å². The lowest BCUT2D eigenvalue weighted by molar-refractivity contribution is 0.569. The number of benzene rings is 1. The third kappa shape index (κ3) is 2.80. The molecule has 0 aromatic heterocycles. The standard InChI is InChI=1S/C13H17BrN2S/c1-2-9-5-6-16(8-9)12-7-10(14)3-4-11(12)13(15)17/h3-4,7,9H,2,5-6,8H2,1H3,(H2,15,17). The van der Waals surface area contributed by atoms with E-state index in [0.29, 0.717) is 4.99 Å². The Morgan fingerprint density at radius 3 is 2.94 bits per heavy atom. The third-order valence-electron chi connectivity index (χ3n) is 3.43. The molecule has 1 aliphatic rings. The largest absolute Gasteiger partial charge is 0.389 e. The summed E-state index contributed by atoms with van der Waals surface area (Å²) in [6.45, 7) is 4.47. The quantitative estimate of drug-likeness (QED) is 0.868. The molecule has 0 bridgehead atoms. The van der Waals surface area contributed by atoms with Crippen LogP contribution in [0.2, 0.25) is 0 Å². The fourth-order valence-corrected chi connectivity index (χ4v) is 2.88. The van der Waals surface area contributed by atoms with Gasteiger partial charge in [-0.15, -0.1) is 0 Å². The van der Waals surface area contributed by atoms with E-state index in [2.05, 4.69) is 33.8 Å². The van der Waals surface area contributed by atoms with Crippen LogP contribution >= 0.6 is 28.1 Å². The second kappa shape index (κ2) is 5.36. The molecule has 1 fully saturated rings. The molecule has 92 valence electrons. The minimum Gasteiger partial charge on any atom is -0.389 e. The predicted octanol–water partition coefficient (Wildman–Crippen LogP) is 3.32. The smallest absolute Gasteiger partial charge is 0.106 e. The normalized spacial score (nSPS) is 19.6. The lowest BCUT2D eigenvalue weighted by Crippen LogP contribution is -2.23. The van der Waals surface area contributed by atoms with Crippen molar-refractivity contribution in [2.75, 3.05) is 18.0 Å². The Morgan fingerprint density at radius 1 is 1.59 bits per heavy atom. The molecule has 2 nitrogen and oxygen atoms in total. The maximum absolute atomic E-state index is 5.79. The van der Waals surface area contributed by atoms with Gasteiger partial charge in [0, 0.05) is 28.8 Å². The maximum Gasteiger partial charge on any atom is 0.106 e. The van der Waals surface area contributed by atoms with E-state index in [1.54, 1.807) is 0 Å². The van der Waals surface area contributed by atoms with Crippen LogP contribution in [0, 0.1) is 5.92 Å². The lowest BCUT2D eigenvalue weighted by atomic mass is 10.1. The number of anilines is 1. The summed E-state index contributed by atoms with van der Waals surface area (Å²) in [5.74, 6) is 0.799. The molecular weight excluding hydrogens is 296 g/mol. The Bertz CT molecular complexity index is 433. The molecule has 0 amide bonds. The van der Waals surface area contributed by atoms with Crippen LogP contribution in [0.25, 0.3) is 0 Å². The van der Waals surface area contributed by atoms with Gasteiger partial charge in [-0.2, -0.15) is 0 Å². The van der Waals surface area contributed by atoms with E-state index in [0.717, 1.165) is 29.0 Å². The van der Waals surface area contributed by atoms with Crippen molar-refractivity contribution in [2.24, 2.45) is 11.7 Å². The molecule has 0 saturated carbocycles. The summed E-state index contributed by atoms with van der Waals surface area (Å²) < 4.78 is 1.08. The average Bonchev–Trinajstić information content (AvgIpc) is 2.76. The first kappa shape index (κ1) is 12.8. The van der Waals surface area contributed by atoms with Crippen molar-refractivity contribution in [3.05, 3.63) is 28.2 Å². The van der Waals surface area contributed by atoms with E-state index in [1.807, 2.05) is 12.1 Å². The number of hydrogen-bond acceptors (Lipinski definition) is 2. The molecule has 0 spiro atoms. The molecule has 4 heteroatoms. The summed E-state index contributed by atoms with van der Waals surface area (Å²) in [6, 6.07) is 6.11. The van der Waals surface area contributed by atoms with Crippen LogP contribution in [0.1, 0.15) is 25.3 Å². The molecule has 2 N–H and O–H groups in total. The van der Waals surface area contributed by atoms with Crippen LogP contribution in [0.15, 0.2) is 22.7 Å². The summed E-state index contributed by atoms with van der Waals surface area (Å²) in [7, 11) is 0. The van der Waals surface area contributed by atoms with Crippen LogP contribution in [-0.2, 0) is 0 Å². The van der Waals surface area contributed by atoms with Gasteiger partial charge >= 0.3 is 0 Å². The van der Waals surface area contributed by atoms with Crippen molar-refractivity contribution in [3.63, 3.8) is 0 Å². The van der Waals surface area contributed by atoms with E-state index in [9.17, 15) is 0 Å². The van der Waals surface area contributed by atoms with E-state index in [-0.39, 0.29) is 0 Å². The zero-order valence-corrected chi connectivity index (χ0v) is 12.4. The van der Waals surface area contributed by atoms with E-state index in [1.165, 1.54) is 18.5 Å². The second-order valence-electron chi connectivity index (χ2n) is 4.53. The highest BCUT2D eigenvalue weighted by molar-refractivity contribution is 9.10. The summed E-state index contributed by atoms with van der Waals surface area (Å²) in [5.41, 5.74) is 7.94. The molecule has 1 unspecified atom stereocenters. The molecule has 1 aromatic carbocycles. The Balaban J connectivity index is 2.31. The average molecular weight is 313 g/mol. The molecule has 1 atom stereocenters. The summed E-state index contributed by atoms with van der Waals surface area (Å²) >= 11 is 8.64. The number of halogens is 1. The molecule has 0 aliphatic carbocycles. The van der Waals surface area contributed by atoms with Crippen LogP contribution in [-0.4, -0.2) is 18.1 Å². The summed E-state index contributed by atoms with van der Waals surface area (Å²) in [4.78, 5) is 2.88. The first-order valence-electron chi connectivity index (χ1n) is 5.96. The van der Waals surface area contributed by atoms with Crippen molar-refractivity contribution in [2.45, 2.75) is 19.8 Å². The van der Waals surface area contributed by atoms with E-state index >= 15 is 0 Å². The van der Waals surface area contributed by atoms with Crippen molar-refractivity contribution in [3.8, 4) is 0 Å². The summed E-state index contributed by atoms with van der Waals surface area (Å²) in [5, 5.41) is 0. The fourth-order valence-electron chi connectivity index (χ4n) is 2.36. The minimum atomic E-state index is 0.479. The first-order chi connectivity index (χ1) is 8.11. The zero-order valence-electron chi connectivity index (χ0n) is 9.95.